The van der Waals surface area contributed by atoms with E-state index < -0.39 is 0 Å². The molecule has 0 unspecified atom stereocenters. The molecule has 0 N–H and O–H groups in total. The number of carbonyl (C=O) groups is 2. The van der Waals surface area contributed by atoms with E-state index in [2.05, 4.69) is 12.1 Å². The molecule has 7 rings (SSSR count). The topological polar surface area (TPSA) is 34.1 Å². The molecule has 0 aliphatic heterocycles. The highest BCUT2D eigenvalue weighted by atomic mass is 16.1. The molecular formula is C31H20O2. The van der Waals surface area contributed by atoms with Gasteiger partial charge >= 0.3 is 0 Å². The molecule has 156 valence electrons. The predicted molar refractivity (Wildman–Crippen MR) is 133 cm³/mol. The van der Waals surface area contributed by atoms with Crippen LogP contribution in [0, 0.1) is 6.92 Å². The van der Waals surface area contributed by atoms with Gasteiger partial charge in [-0.2, -0.15) is 0 Å². The van der Waals surface area contributed by atoms with E-state index in [0.717, 1.165) is 55.3 Å². The van der Waals surface area contributed by atoms with Crippen molar-refractivity contribution in [3.63, 3.8) is 0 Å². The van der Waals surface area contributed by atoms with Gasteiger partial charge in [-0.25, -0.2) is 0 Å². The maximum atomic E-state index is 12.5. The normalized spacial score (nSPS) is 12.5. The summed E-state index contributed by atoms with van der Waals surface area (Å²) < 4.78 is 0. The predicted octanol–water partition coefficient (Wildman–Crippen LogP) is 7.26. The molecule has 0 saturated heterocycles. The van der Waals surface area contributed by atoms with E-state index in [1.165, 1.54) is 5.56 Å². The first-order chi connectivity index (χ1) is 16.1. The van der Waals surface area contributed by atoms with Gasteiger partial charge in [0, 0.05) is 22.3 Å². The third kappa shape index (κ3) is 2.88. The van der Waals surface area contributed by atoms with Gasteiger partial charge in [0.15, 0.2) is 11.6 Å². The van der Waals surface area contributed by atoms with Crippen molar-refractivity contribution in [2.75, 3.05) is 0 Å². The number of aryl methyl sites for hydroxylation is 1. The van der Waals surface area contributed by atoms with Crippen LogP contribution in [-0.4, -0.2) is 11.6 Å². The molecule has 2 heteroatoms. The summed E-state index contributed by atoms with van der Waals surface area (Å²) in [5.41, 5.74) is 8.84. The van der Waals surface area contributed by atoms with Crippen LogP contribution in [0.1, 0.15) is 37.4 Å². The molecule has 0 saturated carbocycles. The van der Waals surface area contributed by atoms with Crippen molar-refractivity contribution in [1.82, 2.24) is 0 Å². The van der Waals surface area contributed by atoms with E-state index in [0.29, 0.717) is 0 Å². The second-order valence-corrected chi connectivity index (χ2v) is 8.46. The second kappa shape index (κ2) is 7.39. The van der Waals surface area contributed by atoms with Crippen molar-refractivity contribution in [3.05, 3.63) is 131 Å². The summed E-state index contributed by atoms with van der Waals surface area (Å²) in [6.07, 6.45) is 0. The third-order valence-electron chi connectivity index (χ3n) is 6.58. The van der Waals surface area contributed by atoms with E-state index in [1.54, 1.807) is 0 Å². The number of ketones is 2. The van der Waals surface area contributed by atoms with E-state index in [9.17, 15) is 9.59 Å². The Morgan fingerprint density at radius 2 is 1.03 bits per heavy atom. The Hall–Kier alpha value is -4.30. The number of rotatable bonds is 0. The van der Waals surface area contributed by atoms with Gasteiger partial charge in [0.05, 0.1) is 0 Å². The first-order valence-corrected chi connectivity index (χ1v) is 11.0. The summed E-state index contributed by atoms with van der Waals surface area (Å²) >= 11 is 0. The Morgan fingerprint density at radius 1 is 0.424 bits per heavy atom. The van der Waals surface area contributed by atoms with Crippen LogP contribution in [0.5, 0.6) is 0 Å². The second-order valence-electron chi connectivity index (χ2n) is 8.46. The molecule has 0 aromatic heterocycles. The molecule has 0 fully saturated rings. The Balaban J connectivity index is 0.000000127. The lowest BCUT2D eigenvalue weighted by molar-refractivity contribution is 0.103. The number of carbonyl (C=O) groups excluding carboxylic acids is 2. The lowest BCUT2D eigenvalue weighted by Gasteiger charge is -2.03. The largest absolute Gasteiger partial charge is 0.289 e. The molecule has 0 bridgehead atoms. The van der Waals surface area contributed by atoms with Gasteiger partial charge in [-0.15, -0.1) is 0 Å². The highest BCUT2D eigenvalue weighted by Crippen LogP contribution is 2.40. The van der Waals surface area contributed by atoms with Crippen LogP contribution in [0.4, 0.5) is 0 Å². The van der Waals surface area contributed by atoms with Gasteiger partial charge in [-0.3, -0.25) is 9.59 Å². The Morgan fingerprint density at radius 3 is 1.82 bits per heavy atom. The van der Waals surface area contributed by atoms with E-state index >= 15 is 0 Å². The number of fused-ring (bicyclic) bond motifs is 8. The van der Waals surface area contributed by atoms with E-state index in [1.807, 2.05) is 97.9 Å². The Bertz CT molecular complexity index is 1610. The van der Waals surface area contributed by atoms with Gasteiger partial charge in [-0.1, -0.05) is 103 Å². The van der Waals surface area contributed by atoms with Crippen molar-refractivity contribution in [2.45, 2.75) is 6.92 Å². The van der Waals surface area contributed by atoms with Crippen LogP contribution >= 0.6 is 0 Å². The average Bonchev–Trinajstić information content (AvgIpc) is 3.33. The monoisotopic (exact) mass is 424 g/mol. The van der Waals surface area contributed by atoms with Crippen molar-refractivity contribution in [2.24, 2.45) is 0 Å². The molecule has 0 atom stereocenters. The maximum Gasteiger partial charge on any atom is 0.194 e. The first kappa shape index (κ1) is 19.4. The molecule has 0 amide bonds. The molecular weight excluding hydrogens is 404 g/mol. The molecule has 2 aliphatic rings. The summed E-state index contributed by atoms with van der Waals surface area (Å²) in [7, 11) is 0. The fourth-order valence-electron chi connectivity index (χ4n) is 5.05. The lowest BCUT2D eigenvalue weighted by atomic mass is 9.99. The summed E-state index contributed by atoms with van der Waals surface area (Å²) in [6, 6.07) is 33.8. The smallest absolute Gasteiger partial charge is 0.194 e. The fourth-order valence-corrected chi connectivity index (χ4v) is 5.05. The van der Waals surface area contributed by atoms with Gasteiger partial charge in [-0.05, 0) is 45.5 Å². The SMILES string of the molecule is Cc1cccc2c1-c1ccccc1C2=O.O=C1c2ccccc2-c2ccc3ccccc3c21. The zero-order valence-electron chi connectivity index (χ0n) is 18.1. The van der Waals surface area contributed by atoms with Crippen LogP contribution in [0.2, 0.25) is 0 Å². The highest BCUT2D eigenvalue weighted by Gasteiger charge is 2.28. The molecule has 0 radical (unpaired) electrons. The zero-order chi connectivity index (χ0) is 22.5. The molecule has 2 aliphatic carbocycles. The summed E-state index contributed by atoms with van der Waals surface area (Å²) in [4.78, 5) is 24.5. The van der Waals surface area contributed by atoms with E-state index in [-0.39, 0.29) is 11.6 Å². The van der Waals surface area contributed by atoms with Crippen molar-refractivity contribution >= 4 is 22.3 Å². The minimum absolute atomic E-state index is 0.150. The third-order valence-corrected chi connectivity index (χ3v) is 6.58. The van der Waals surface area contributed by atoms with Gasteiger partial charge < -0.3 is 0 Å². The maximum absolute atomic E-state index is 12.5. The average molecular weight is 424 g/mol. The highest BCUT2D eigenvalue weighted by molar-refractivity contribution is 6.27. The van der Waals surface area contributed by atoms with Crippen LogP contribution in [0.3, 0.4) is 0 Å². The van der Waals surface area contributed by atoms with Crippen LogP contribution in [0.15, 0.2) is 103 Å². The molecule has 0 heterocycles. The van der Waals surface area contributed by atoms with Crippen molar-refractivity contribution in [1.29, 1.82) is 0 Å². The molecule has 5 aromatic rings. The Kier molecular flexibility index (Phi) is 4.34. The minimum atomic E-state index is 0.150. The molecule has 2 nitrogen and oxygen atoms in total. The summed E-state index contributed by atoms with van der Waals surface area (Å²) in [5.74, 6) is 0.307. The van der Waals surface area contributed by atoms with Gasteiger partial charge in [0.25, 0.3) is 0 Å². The minimum Gasteiger partial charge on any atom is -0.289 e. The quantitative estimate of drug-likeness (QED) is 0.257. The number of hydrogen-bond donors (Lipinski definition) is 0. The van der Waals surface area contributed by atoms with Gasteiger partial charge in [0.1, 0.15) is 0 Å². The van der Waals surface area contributed by atoms with Crippen LogP contribution in [0.25, 0.3) is 33.0 Å². The fraction of sp³-hybridized carbons (Fsp3) is 0.0323. The zero-order valence-corrected chi connectivity index (χ0v) is 18.1. The lowest BCUT2D eigenvalue weighted by Crippen LogP contribution is -1.95. The van der Waals surface area contributed by atoms with E-state index in [4.69, 9.17) is 0 Å². The molecule has 5 aromatic carbocycles. The van der Waals surface area contributed by atoms with Gasteiger partial charge in [0.2, 0.25) is 0 Å². The number of benzene rings is 5. The first-order valence-electron chi connectivity index (χ1n) is 11.0. The molecule has 0 spiro atoms. The van der Waals surface area contributed by atoms with Crippen LogP contribution < -0.4 is 0 Å². The molecule has 33 heavy (non-hydrogen) atoms. The van der Waals surface area contributed by atoms with Crippen molar-refractivity contribution < 1.29 is 9.59 Å². The van der Waals surface area contributed by atoms with Crippen molar-refractivity contribution in [3.8, 4) is 22.3 Å². The standard InChI is InChI=1S/C17H10O.C14H10O/c18-17-15-8-4-3-7-13(15)14-10-9-11-5-1-2-6-12(11)16(14)17;1-9-5-4-8-12-13(9)10-6-2-3-7-11(10)14(12)15/h1-10H;2-8H,1H3. The number of hydrogen-bond acceptors (Lipinski definition) is 2. The van der Waals surface area contributed by atoms with Crippen LogP contribution in [-0.2, 0) is 0 Å². The summed E-state index contributed by atoms with van der Waals surface area (Å²) in [5, 5.41) is 2.17. The Labute approximate surface area is 192 Å². The summed E-state index contributed by atoms with van der Waals surface area (Å²) in [6.45, 7) is 2.05.